The van der Waals surface area contributed by atoms with Crippen molar-refractivity contribution in [2.75, 3.05) is 12.4 Å². The summed E-state index contributed by atoms with van der Waals surface area (Å²) in [7, 11) is -2.35. The van der Waals surface area contributed by atoms with E-state index in [1.807, 2.05) is 6.92 Å². The maximum absolute atomic E-state index is 12.9. The van der Waals surface area contributed by atoms with Crippen LogP contribution in [0.25, 0.3) is 10.9 Å². The number of carbonyl (C=O) groups excluding carboxylic acids is 1. The Balaban J connectivity index is 1.67. The maximum Gasteiger partial charge on any atom is 0.257 e. The Labute approximate surface area is 189 Å². The van der Waals surface area contributed by atoms with Crippen molar-refractivity contribution in [1.82, 2.24) is 19.7 Å². The molecule has 0 unspecified atom stereocenters. The van der Waals surface area contributed by atoms with E-state index >= 15 is 0 Å². The van der Waals surface area contributed by atoms with Crippen LogP contribution in [-0.4, -0.2) is 41.2 Å². The van der Waals surface area contributed by atoms with Gasteiger partial charge in [-0.2, -0.15) is 5.10 Å². The Kier molecular flexibility index (Phi) is 5.94. The van der Waals surface area contributed by atoms with Crippen LogP contribution >= 0.6 is 0 Å². The number of carbonyl (C=O) groups is 1. The monoisotopic (exact) mass is 468 g/mol. The first-order valence-corrected chi connectivity index (χ1v) is 11.3. The molecule has 0 saturated heterocycles. The van der Waals surface area contributed by atoms with Crippen molar-refractivity contribution in [2.24, 2.45) is 5.14 Å². The van der Waals surface area contributed by atoms with Crippen LogP contribution in [0.15, 0.2) is 59.9 Å². The molecule has 4 rings (SSSR count). The summed E-state index contributed by atoms with van der Waals surface area (Å²) in [5.41, 5.74) is 0.846. The number of hydrogen-bond acceptors (Lipinski definition) is 8. The first-order valence-electron chi connectivity index (χ1n) is 9.76. The van der Waals surface area contributed by atoms with Crippen molar-refractivity contribution in [1.29, 1.82) is 0 Å². The van der Waals surface area contributed by atoms with Crippen LogP contribution < -0.4 is 19.9 Å². The number of sulfonamides is 1. The number of primary sulfonamides is 1. The minimum absolute atomic E-state index is 0.0347. The molecule has 0 aliphatic rings. The van der Waals surface area contributed by atoms with Gasteiger partial charge in [-0.1, -0.05) is 0 Å². The van der Waals surface area contributed by atoms with E-state index in [2.05, 4.69) is 20.4 Å². The number of nitrogens with one attached hydrogen (secondary N) is 1. The minimum atomic E-state index is -3.82. The number of amides is 1. The van der Waals surface area contributed by atoms with Gasteiger partial charge in [-0.05, 0) is 43.3 Å². The average molecular weight is 468 g/mol. The summed E-state index contributed by atoms with van der Waals surface area (Å²) >= 11 is 0. The van der Waals surface area contributed by atoms with E-state index in [1.165, 1.54) is 43.8 Å². The van der Waals surface area contributed by atoms with E-state index in [4.69, 9.17) is 14.6 Å². The molecular weight excluding hydrogens is 448 g/mol. The molecule has 0 radical (unpaired) electrons. The smallest absolute Gasteiger partial charge is 0.257 e. The molecule has 11 nitrogen and oxygen atoms in total. The van der Waals surface area contributed by atoms with Gasteiger partial charge in [-0.25, -0.2) is 23.5 Å². The molecular formula is C21H20N6O5S. The molecule has 0 saturated carbocycles. The number of benzene rings is 2. The zero-order chi connectivity index (χ0) is 23.6. The number of fused-ring (bicyclic) bond motifs is 1. The normalized spacial score (nSPS) is 11.4. The lowest BCUT2D eigenvalue weighted by Gasteiger charge is -2.10. The number of rotatable bonds is 7. The number of ether oxygens (including phenoxy) is 2. The summed E-state index contributed by atoms with van der Waals surface area (Å²) in [5, 5.41) is 13.0. The second-order valence-electron chi connectivity index (χ2n) is 6.91. The number of methoxy groups -OCH3 is 1. The predicted octanol–water partition coefficient (Wildman–Crippen LogP) is 2.55. The Bertz CT molecular complexity index is 1420. The summed E-state index contributed by atoms with van der Waals surface area (Å²) in [6.07, 6.45) is 4.58. The lowest BCUT2D eigenvalue weighted by molar-refractivity contribution is 0.102. The highest BCUT2D eigenvalue weighted by molar-refractivity contribution is 7.89. The van der Waals surface area contributed by atoms with Gasteiger partial charge in [0.1, 0.15) is 11.5 Å². The first kappa shape index (κ1) is 22.2. The molecule has 2 aromatic carbocycles. The fourth-order valence-electron chi connectivity index (χ4n) is 3.02. The molecule has 2 heterocycles. The van der Waals surface area contributed by atoms with Gasteiger partial charge < -0.3 is 14.8 Å². The SMILES string of the molecule is CCn1cc2c(Oc3ccc(S(N)(=O)=O)cc3)cc(C(=O)Nc3cnc(OC)cn3)cc2n1. The molecule has 2 aromatic heterocycles. The van der Waals surface area contributed by atoms with Crippen molar-refractivity contribution in [3.8, 4) is 17.4 Å². The van der Waals surface area contributed by atoms with E-state index in [-0.39, 0.29) is 16.3 Å². The Hall–Kier alpha value is -4.03. The van der Waals surface area contributed by atoms with Crippen LogP contribution in [0.1, 0.15) is 17.3 Å². The number of aryl methyl sites for hydroxylation is 1. The Morgan fingerprint density at radius 3 is 2.52 bits per heavy atom. The molecule has 1 amide bonds. The van der Waals surface area contributed by atoms with Gasteiger partial charge in [0.05, 0.1) is 35.3 Å². The third kappa shape index (κ3) is 4.91. The van der Waals surface area contributed by atoms with Gasteiger partial charge in [-0.3, -0.25) is 9.48 Å². The molecule has 170 valence electrons. The quantitative estimate of drug-likeness (QED) is 0.420. The van der Waals surface area contributed by atoms with Gasteiger partial charge in [0, 0.05) is 18.3 Å². The molecule has 12 heteroatoms. The summed E-state index contributed by atoms with van der Waals surface area (Å²) < 4.78 is 35.6. The van der Waals surface area contributed by atoms with Crippen LogP contribution in [0.5, 0.6) is 17.4 Å². The average Bonchev–Trinajstić information content (AvgIpc) is 3.23. The fraction of sp³-hybridized carbons (Fsp3) is 0.143. The molecule has 3 N–H and O–H groups in total. The molecule has 0 aliphatic heterocycles. The largest absolute Gasteiger partial charge is 0.480 e. The van der Waals surface area contributed by atoms with Gasteiger partial charge >= 0.3 is 0 Å². The number of aromatic nitrogens is 4. The van der Waals surface area contributed by atoms with Crippen molar-refractivity contribution in [3.05, 3.63) is 60.6 Å². The van der Waals surface area contributed by atoms with Gasteiger partial charge in [0.25, 0.3) is 5.91 Å². The summed E-state index contributed by atoms with van der Waals surface area (Å²) in [6, 6.07) is 8.87. The lowest BCUT2D eigenvalue weighted by atomic mass is 10.1. The molecule has 4 aromatic rings. The second-order valence-corrected chi connectivity index (χ2v) is 8.47. The highest BCUT2D eigenvalue weighted by Crippen LogP contribution is 2.32. The number of anilines is 1. The Morgan fingerprint density at radius 1 is 1.15 bits per heavy atom. The van der Waals surface area contributed by atoms with Crippen molar-refractivity contribution < 1.29 is 22.7 Å². The number of nitrogens with zero attached hydrogens (tertiary/aromatic N) is 4. The van der Waals surface area contributed by atoms with Crippen LogP contribution in [0.3, 0.4) is 0 Å². The van der Waals surface area contributed by atoms with Crippen molar-refractivity contribution in [3.63, 3.8) is 0 Å². The minimum Gasteiger partial charge on any atom is -0.480 e. The lowest BCUT2D eigenvalue weighted by Crippen LogP contribution is -2.13. The Morgan fingerprint density at radius 2 is 1.91 bits per heavy atom. The topological polar surface area (TPSA) is 151 Å². The zero-order valence-corrected chi connectivity index (χ0v) is 18.5. The van der Waals surface area contributed by atoms with Crippen LogP contribution in [-0.2, 0) is 16.6 Å². The number of nitrogens with two attached hydrogens (primary N) is 1. The second kappa shape index (κ2) is 8.84. The zero-order valence-electron chi connectivity index (χ0n) is 17.7. The van der Waals surface area contributed by atoms with E-state index < -0.39 is 15.9 Å². The highest BCUT2D eigenvalue weighted by Gasteiger charge is 2.16. The standard InChI is InChI=1S/C21H20N6O5S/c1-3-27-12-16-17(26-27)8-13(21(28)25-19-10-24-20(31-2)11-23-19)9-18(16)32-14-4-6-15(7-5-14)33(22,29)30/h4-12H,3H2,1-2H3,(H2,22,29,30)(H,23,25,28). The molecule has 0 fully saturated rings. The molecule has 0 aliphatic carbocycles. The molecule has 0 atom stereocenters. The molecule has 33 heavy (non-hydrogen) atoms. The third-order valence-corrected chi connectivity index (χ3v) is 5.61. The third-order valence-electron chi connectivity index (χ3n) is 4.68. The first-order chi connectivity index (χ1) is 15.8. The summed E-state index contributed by atoms with van der Waals surface area (Å²) in [4.78, 5) is 20.9. The predicted molar refractivity (Wildman–Crippen MR) is 120 cm³/mol. The van der Waals surface area contributed by atoms with E-state index in [0.29, 0.717) is 34.8 Å². The van der Waals surface area contributed by atoms with E-state index in [9.17, 15) is 13.2 Å². The maximum atomic E-state index is 12.9. The van der Waals surface area contributed by atoms with Gasteiger partial charge in [0.15, 0.2) is 5.82 Å². The summed E-state index contributed by atoms with van der Waals surface area (Å²) in [5.74, 6) is 0.884. The van der Waals surface area contributed by atoms with Crippen molar-refractivity contribution >= 4 is 32.7 Å². The van der Waals surface area contributed by atoms with Gasteiger partial charge in [-0.15, -0.1) is 0 Å². The van der Waals surface area contributed by atoms with E-state index in [1.54, 1.807) is 23.0 Å². The van der Waals surface area contributed by atoms with Crippen LogP contribution in [0.2, 0.25) is 0 Å². The van der Waals surface area contributed by atoms with E-state index in [0.717, 1.165) is 0 Å². The van der Waals surface area contributed by atoms with Crippen LogP contribution in [0, 0.1) is 0 Å². The number of hydrogen-bond donors (Lipinski definition) is 2. The molecule has 0 spiro atoms. The fourth-order valence-corrected chi connectivity index (χ4v) is 3.53. The summed E-state index contributed by atoms with van der Waals surface area (Å²) in [6.45, 7) is 2.56. The van der Waals surface area contributed by atoms with Crippen molar-refractivity contribution in [2.45, 2.75) is 18.4 Å². The highest BCUT2D eigenvalue weighted by atomic mass is 32.2. The van der Waals surface area contributed by atoms with Crippen LogP contribution in [0.4, 0.5) is 5.82 Å². The van der Waals surface area contributed by atoms with Gasteiger partial charge in [0.2, 0.25) is 15.9 Å². The molecule has 0 bridgehead atoms.